The smallest absolute Gasteiger partial charge is 0.252 e. The summed E-state index contributed by atoms with van der Waals surface area (Å²) in [6.45, 7) is 4.18. The molecule has 1 rings (SSSR count). The normalized spacial score (nSPS) is 12.5. The Labute approximate surface area is 121 Å². The summed E-state index contributed by atoms with van der Waals surface area (Å²) in [6.07, 6.45) is 1.14. The molecule has 0 saturated carbocycles. The van der Waals surface area contributed by atoms with Gasteiger partial charge in [-0.1, -0.05) is 26.7 Å². The van der Waals surface area contributed by atoms with Gasteiger partial charge in [-0.2, -0.15) is 0 Å². The highest BCUT2D eigenvalue weighted by atomic mass is 79.9. The standard InChI is InChI=1S/C14H19BrFNO2/c1-3-9(4-2)13(18)8-17-14(19)11-7-10(16)5-6-12(11)15/h5-7,9,13,18H,3-4,8H2,1-2H3,(H,17,19). The van der Waals surface area contributed by atoms with Crippen LogP contribution in [-0.2, 0) is 0 Å². The highest BCUT2D eigenvalue weighted by Crippen LogP contribution is 2.18. The van der Waals surface area contributed by atoms with Crippen LogP contribution >= 0.6 is 15.9 Å². The third-order valence-electron chi connectivity index (χ3n) is 3.24. The van der Waals surface area contributed by atoms with Gasteiger partial charge in [0.15, 0.2) is 0 Å². The molecule has 0 heterocycles. The van der Waals surface area contributed by atoms with E-state index in [4.69, 9.17) is 0 Å². The Balaban J connectivity index is 2.63. The van der Waals surface area contributed by atoms with Gasteiger partial charge in [-0.05, 0) is 40.0 Å². The number of carbonyl (C=O) groups excluding carboxylic acids is 1. The molecule has 0 aliphatic rings. The highest BCUT2D eigenvalue weighted by Gasteiger charge is 2.17. The number of aliphatic hydroxyl groups excluding tert-OH is 1. The predicted octanol–water partition coefficient (Wildman–Crippen LogP) is 3.12. The molecule has 0 saturated heterocycles. The summed E-state index contributed by atoms with van der Waals surface area (Å²) >= 11 is 3.20. The molecule has 0 bridgehead atoms. The summed E-state index contributed by atoms with van der Waals surface area (Å²) in [5.41, 5.74) is 0.233. The van der Waals surface area contributed by atoms with E-state index >= 15 is 0 Å². The molecule has 1 unspecified atom stereocenters. The van der Waals surface area contributed by atoms with Crippen LogP contribution in [0.2, 0.25) is 0 Å². The lowest BCUT2D eigenvalue weighted by Crippen LogP contribution is -2.36. The van der Waals surface area contributed by atoms with Gasteiger partial charge in [0, 0.05) is 11.0 Å². The second-order valence-electron chi connectivity index (χ2n) is 4.48. The Bertz CT molecular complexity index is 435. The second kappa shape index (κ2) is 7.60. The Hall–Kier alpha value is -0.940. The first kappa shape index (κ1) is 16.1. The predicted molar refractivity (Wildman–Crippen MR) is 76.5 cm³/mol. The van der Waals surface area contributed by atoms with Gasteiger partial charge in [0.05, 0.1) is 11.7 Å². The number of hydrogen-bond donors (Lipinski definition) is 2. The van der Waals surface area contributed by atoms with Crippen LogP contribution in [0.25, 0.3) is 0 Å². The largest absolute Gasteiger partial charge is 0.391 e. The molecule has 0 fully saturated rings. The van der Waals surface area contributed by atoms with Crippen molar-refractivity contribution in [1.29, 1.82) is 0 Å². The molecule has 1 aromatic carbocycles. The maximum Gasteiger partial charge on any atom is 0.252 e. The van der Waals surface area contributed by atoms with Crippen LogP contribution in [0.15, 0.2) is 22.7 Å². The zero-order valence-electron chi connectivity index (χ0n) is 11.1. The van der Waals surface area contributed by atoms with Gasteiger partial charge in [0.2, 0.25) is 0 Å². The molecule has 2 N–H and O–H groups in total. The maximum absolute atomic E-state index is 13.1. The van der Waals surface area contributed by atoms with E-state index in [-0.39, 0.29) is 18.0 Å². The molecule has 0 aromatic heterocycles. The Morgan fingerprint density at radius 3 is 2.63 bits per heavy atom. The minimum absolute atomic E-state index is 0.163. The van der Waals surface area contributed by atoms with Crippen LogP contribution < -0.4 is 5.32 Å². The molecule has 0 spiro atoms. The van der Waals surface area contributed by atoms with Crippen molar-refractivity contribution in [2.75, 3.05) is 6.54 Å². The highest BCUT2D eigenvalue weighted by molar-refractivity contribution is 9.10. The van der Waals surface area contributed by atoms with E-state index in [0.29, 0.717) is 4.47 Å². The molecule has 106 valence electrons. The van der Waals surface area contributed by atoms with E-state index in [0.717, 1.165) is 12.8 Å². The number of nitrogens with one attached hydrogen (secondary N) is 1. The molecule has 19 heavy (non-hydrogen) atoms. The summed E-state index contributed by atoms with van der Waals surface area (Å²) in [6, 6.07) is 3.93. The summed E-state index contributed by atoms with van der Waals surface area (Å²) < 4.78 is 13.6. The number of amides is 1. The number of rotatable bonds is 6. The van der Waals surface area contributed by atoms with Crippen molar-refractivity contribution in [2.45, 2.75) is 32.8 Å². The van der Waals surface area contributed by atoms with Crippen LogP contribution in [0.5, 0.6) is 0 Å². The van der Waals surface area contributed by atoms with Crippen molar-refractivity contribution < 1.29 is 14.3 Å². The van der Waals surface area contributed by atoms with Gasteiger partial charge >= 0.3 is 0 Å². The summed E-state index contributed by atoms with van der Waals surface area (Å²) in [5, 5.41) is 12.6. The SMILES string of the molecule is CCC(CC)C(O)CNC(=O)c1cc(F)ccc1Br. The number of halogens is 2. The van der Waals surface area contributed by atoms with Crippen LogP contribution in [0.1, 0.15) is 37.0 Å². The van der Waals surface area contributed by atoms with Crippen molar-refractivity contribution in [3.63, 3.8) is 0 Å². The van der Waals surface area contributed by atoms with Gasteiger partial charge in [0.25, 0.3) is 5.91 Å². The first-order chi connectivity index (χ1) is 8.99. The molecule has 1 atom stereocenters. The van der Waals surface area contributed by atoms with Gasteiger partial charge in [-0.25, -0.2) is 4.39 Å². The molecule has 0 radical (unpaired) electrons. The van der Waals surface area contributed by atoms with Crippen molar-refractivity contribution in [2.24, 2.45) is 5.92 Å². The fraction of sp³-hybridized carbons (Fsp3) is 0.500. The number of aliphatic hydroxyl groups is 1. The Kier molecular flexibility index (Phi) is 6.45. The molecular weight excluding hydrogens is 313 g/mol. The molecule has 1 amide bonds. The maximum atomic E-state index is 13.1. The lowest BCUT2D eigenvalue weighted by atomic mass is 9.96. The van der Waals surface area contributed by atoms with Crippen LogP contribution in [0, 0.1) is 11.7 Å². The van der Waals surface area contributed by atoms with Gasteiger partial charge in [-0.3, -0.25) is 4.79 Å². The van der Waals surface area contributed by atoms with Crippen LogP contribution in [0.4, 0.5) is 4.39 Å². The second-order valence-corrected chi connectivity index (χ2v) is 5.33. The van der Waals surface area contributed by atoms with Crippen molar-refractivity contribution in [3.05, 3.63) is 34.1 Å². The van der Waals surface area contributed by atoms with Crippen molar-refractivity contribution in [1.82, 2.24) is 5.32 Å². The average molecular weight is 332 g/mol. The zero-order valence-corrected chi connectivity index (χ0v) is 12.7. The molecule has 0 aliphatic heterocycles. The van der Waals surface area contributed by atoms with E-state index in [1.807, 2.05) is 13.8 Å². The number of carbonyl (C=O) groups is 1. The topological polar surface area (TPSA) is 49.3 Å². The third kappa shape index (κ3) is 4.58. The fourth-order valence-corrected chi connectivity index (χ4v) is 2.39. The van der Waals surface area contributed by atoms with Crippen molar-refractivity contribution >= 4 is 21.8 Å². The average Bonchev–Trinajstić information content (AvgIpc) is 2.40. The molecule has 5 heteroatoms. The first-order valence-corrected chi connectivity index (χ1v) is 7.20. The van der Waals surface area contributed by atoms with Crippen LogP contribution in [0.3, 0.4) is 0 Å². The van der Waals surface area contributed by atoms with Gasteiger partial charge < -0.3 is 10.4 Å². The number of hydrogen-bond acceptors (Lipinski definition) is 2. The molecule has 1 aromatic rings. The Morgan fingerprint density at radius 2 is 2.05 bits per heavy atom. The minimum atomic E-state index is -0.578. The van der Waals surface area contributed by atoms with Gasteiger partial charge in [-0.15, -0.1) is 0 Å². The molecule has 0 aliphatic carbocycles. The van der Waals surface area contributed by atoms with E-state index < -0.39 is 17.8 Å². The van der Waals surface area contributed by atoms with E-state index in [2.05, 4.69) is 21.2 Å². The molecular formula is C14H19BrFNO2. The number of benzene rings is 1. The third-order valence-corrected chi connectivity index (χ3v) is 3.93. The van der Waals surface area contributed by atoms with Crippen molar-refractivity contribution in [3.8, 4) is 0 Å². The lowest BCUT2D eigenvalue weighted by molar-refractivity contribution is 0.0816. The zero-order chi connectivity index (χ0) is 14.4. The van der Waals surface area contributed by atoms with E-state index in [9.17, 15) is 14.3 Å². The summed E-state index contributed by atoms with van der Waals surface area (Å²) in [5.74, 6) is -0.693. The minimum Gasteiger partial charge on any atom is -0.391 e. The monoisotopic (exact) mass is 331 g/mol. The van der Waals surface area contributed by atoms with E-state index in [1.165, 1.54) is 18.2 Å². The quantitative estimate of drug-likeness (QED) is 0.841. The Morgan fingerprint density at radius 1 is 1.42 bits per heavy atom. The van der Waals surface area contributed by atoms with Crippen LogP contribution in [-0.4, -0.2) is 23.7 Å². The lowest BCUT2D eigenvalue weighted by Gasteiger charge is -2.20. The first-order valence-electron chi connectivity index (χ1n) is 6.40. The van der Waals surface area contributed by atoms with Gasteiger partial charge in [0.1, 0.15) is 5.82 Å². The molecule has 3 nitrogen and oxygen atoms in total. The summed E-state index contributed by atoms with van der Waals surface area (Å²) in [4.78, 5) is 11.9. The summed E-state index contributed by atoms with van der Waals surface area (Å²) in [7, 11) is 0. The van der Waals surface area contributed by atoms with E-state index in [1.54, 1.807) is 0 Å². The fourth-order valence-electron chi connectivity index (χ4n) is 1.96.